The van der Waals surface area contributed by atoms with E-state index in [0.717, 1.165) is 0 Å². The van der Waals surface area contributed by atoms with Crippen LogP contribution in [0.3, 0.4) is 0 Å². The highest BCUT2D eigenvalue weighted by Crippen LogP contribution is 2.24. The van der Waals surface area contributed by atoms with Crippen molar-refractivity contribution < 1.29 is 4.79 Å². The largest absolute Gasteiger partial charge is 0.389 e. The number of benzene rings is 1. The van der Waals surface area contributed by atoms with Gasteiger partial charge in [0.15, 0.2) is 0 Å². The predicted molar refractivity (Wildman–Crippen MR) is 83.7 cm³/mol. The molecule has 0 aliphatic heterocycles. The zero-order valence-corrected chi connectivity index (χ0v) is 12.8. The maximum absolute atomic E-state index is 11.9. The minimum absolute atomic E-state index is 0.0111. The first-order valence-electron chi connectivity index (χ1n) is 5.97. The van der Waals surface area contributed by atoms with Gasteiger partial charge in [0.2, 0.25) is 5.91 Å². The van der Waals surface area contributed by atoms with Gasteiger partial charge in [0.1, 0.15) is 11.0 Å². The molecule has 0 spiro atoms. The average molecular weight is 300 g/mol. The highest BCUT2D eigenvalue weighted by molar-refractivity contribution is 7.80. The maximum Gasteiger partial charge on any atom is 0.244 e. The van der Waals surface area contributed by atoms with E-state index in [1.54, 1.807) is 37.1 Å². The lowest BCUT2D eigenvalue weighted by Gasteiger charge is -2.22. The Morgan fingerprint density at radius 1 is 1.58 bits per heavy atom. The van der Waals surface area contributed by atoms with Gasteiger partial charge < -0.3 is 16.0 Å². The molecule has 6 heteroatoms. The van der Waals surface area contributed by atoms with Crippen LogP contribution in [0.25, 0.3) is 0 Å². The van der Waals surface area contributed by atoms with Crippen molar-refractivity contribution in [3.05, 3.63) is 28.8 Å². The minimum Gasteiger partial charge on any atom is -0.389 e. The molecule has 1 aromatic carbocycles. The summed E-state index contributed by atoms with van der Waals surface area (Å²) in [6.07, 6.45) is 0. The summed E-state index contributed by atoms with van der Waals surface area (Å²) >= 11 is 11.0. The van der Waals surface area contributed by atoms with Crippen molar-refractivity contribution >= 4 is 40.4 Å². The first-order chi connectivity index (χ1) is 8.86. The molecule has 1 rings (SSSR count). The Kier molecular flexibility index (Phi) is 5.57. The molecule has 1 unspecified atom stereocenters. The van der Waals surface area contributed by atoms with Crippen LogP contribution in [-0.2, 0) is 4.79 Å². The molecule has 0 aromatic heterocycles. The second-order valence-electron chi connectivity index (χ2n) is 4.28. The zero-order chi connectivity index (χ0) is 14.6. The third kappa shape index (κ3) is 4.08. The fraction of sp³-hybridized carbons (Fsp3) is 0.385. The number of likely N-dealkylation sites (N-methyl/N-ethyl adjacent to an activating group) is 1. The van der Waals surface area contributed by atoms with Gasteiger partial charge in [0.25, 0.3) is 0 Å². The van der Waals surface area contributed by atoms with Gasteiger partial charge in [0.05, 0.1) is 10.7 Å². The molecule has 0 aliphatic carbocycles. The lowest BCUT2D eigenvalue weighted by Crippen LogP contribution is -2.38. The number of anilines is 1. The van der Waals surface area contributed by atoms with E-state index in [1.807, 2.05) is 6.92 Å². The Balaban J connectivity index is 2.83. The SMILES string of the molecule is CCN(C)C(=O)C(C)Nc1ccc(C(N)=S)cc1Cl. The predicted octanol–water partition coefficient (Wildman–Crippen LogP) is 2.25. The summed E-state index contributed by atoms with van der Waals surface area (Å²) < 4.78 is 0. The lowest BCUT2D eigenvalue weighted by molar-refractivity contribution is -0.130. The number of carbonyl (C=O) groups is 1. The smallest absolute Gasteiger partial charge is 0.244 e. The van der Waals surface area contributed by atoms with Crippen LogP contribution in [0.2, 0.25) is 5.02 Å². The molecule has 0 bridgehead atoms. The van der Waals surface area contributed by atoms with Gasteiger partial charge in [-0.1, -0.05) is 23.8 Å². The summed E-state index contributed by atoms with van der Waals surface area (Å²) in [5.41, 5.74) is 6.92. The van der Waals surface area contributed by atoms with Crippen molar-refractivity contribution in [1.29, 1.82) is 0 Å². The first-order valence-corrected chi connectivity index (χ1v) is 6.76. The molecule has 0 fully saturated rings. The molecule has 0 saturated carbocycles. The molecule has 1 aromatic rings. The van der Waals surface area contributed by atoms with Crippen LogP contribution in [0.15, 0.2) is 18.2 Å². The third-order valence-electron chi connectivity index (χ3n) is 2.85. The molecule has 19 heavy (non-hydrogen) atoms. The highest BCUT2D eigenvalue weighted by atomic mass is 35.5. The second-order valence-corrected chi connectivity index (χ2v) is 5.12. The number of hydrogen-bond donors (Lipinski definition) is 2. The quantitative estimate of drug-likeness (QED) is 0.819. The summed E-state index contributed by atoms with van der Waals surface area (Å²) in [6, 6.07) is 4.88. The van der Waals surface area contributed by atoms with Gasteiger partial charge in [-0.05, 0) is 32.0 Å². The standard InChI is InChI=1S/C13H18ClN3OS/c1-4-17(3)13(18)8(2)16-11-6-5-9(12(15)19)7-10(11)14/h5-8,16H,4H2,1-3H3,(H2,15,19). The molecule has 0 aliphatic rings. The van der Waals surface area contributed by atoms with Gasteiger partial charge in [-0.2, -0.15) is 0 Å². The van der Waals surface area contributed by atoms with Crippen molar-refractivity contribution in [2.75, 3.05) is 18.9 Å². The molecule has 0 heterocycles. The monoisotopic (exact) mass is 299 g/mol. The molecule has 0 radical (unpaired) electrons. The van der Waals surface area contributed by atoms with Crippen molar-refractivity contribution in [1.82, 2.24) is 4.90 Å². The topological polar surface area (TPSA) is 58.4 Å². The van der Waals surface area contributed by atoms with Crippen molar-refractivity contribution in [3.63, 3.8) is 0 Å². The first kappa shape index (κ1) is 15.7. The Bertz CT molecular complexity index is 493. The van der Waals surface area contributed by atoms with Crippen LogP contribution >= 0.6 is 23.8 Å². The van der Waals surface area contributed by atoms with Crippen LogP contribution < -0.4 is 11.1 Å². The summed E-state index contributed by atoms with van der Waals surface area (Å²) in [6.45, 7) is 4.39. The van der Waals surface area contributed by atoms with Crippen molar-refractivity contribution in [2.45, 2.75) is 19.9 Å². The zero-order valence-electron chi connectivity index (χ0n) is 11.2. The number of amides is 1. The van der Waals surface area contributed by atoms with E-state index in [1.165, 1.54) is 0 Å². The molecule has 3 N–H and O–H groups in total. The molecular weight excluding hydrogens is 282 g/mol. The average Bonchev–Trinajstić information content (AvgIpc) is 2.38. The molecule has 4 nitrogen and oxygen atoms in total. The number of nitrogens with one attached hydrogen (secondary N) is 1. The maximum atomic E-state index is 11.9. The van der Waals surface area contributed by atoms with Gasteiger partial charge in [-0.25, -0.2) is 0 Å². The van der Waals surface area contributed by atoms with Gasteiger partial charge in [0, 0.05) is 19.2 Å². The number of carbonyl (C=O) groups excluding carboxylic acids is 1. The van der Waals surface area contributed by atoms with Gasteiger partial charge in [-0.15, -0.1) is 0 Å². The minimum atomic E-state index is -0.349. The van der Waals surface area contributed by atoms with Crippen molar-refractivity contribution in [2.24, 2.45) is 5.73 Å². The fourth-order valence-corrected chi connectivity index (χ4v) is 1.93. The van der Waals surface area contributed by atoms with E-state index in [-0.39, 0.29) is 11.9 Å². The van der Waals surface area contributed by atoms with Crippen LogP contribution in [0.5, 0.6) is 0 Å². The number of nitrogens with zero attached hydrogens (tertiary/aromatic N) is 1. The van der Waals surface area contributed by atoms with Crippen molar-refractivity contribution in [3.8, 4) is 0 Å². The highest BCUT2D eigenvalue weighted by Gasteiger charge is 2.17. The van der Waals surface area contributed by atoms with Gasteiger partial charge >= 0.3 is 0 Å². The molecule has 0 saturated heterocycles. The Morgan fingerprint density at radius 2 is 2.21 bits per heavy atom. The number of thiocarbonyl (C=S) groups is 1. The van der Waals surface area contributed by atoms with E-state index in [0.29, 0.717) is 27.8 Å². The van der Waals surface area contributed by atoms with Crippen LogP contribution in [0.1, 0.15) is 19.4 Å². The molecular formula is C13H18ClN3OS. The van der Waals surface area contributed by atoms with Gasteiger partial charge in [-0.3, -0.25) is 4.79 Å². The number of hydrogen-bond acceptors (Lipinski definition) is 3. The van der Waals surface area contributed by atoms with E-state index in [2.05, 4.69) is 5.32 Å². The Morgan fingerprint density at radius 3 is 2.68 bits per heavy atom. The molecule has 104 valence electrons. The third-order valence-corrected chi connectivity index (χ3v) is 3.40. The summed E-state index contributed by atoms with van der Waals surface area (Å²) in [4.78, 5) is 13.9. The van der Waals surface area contributed by atoms with E-state index in [9.17, 15) is 4.79 Å². The molecule has 1 atom stereocenters. The Labute approximate surface area is 123 Å². The van der Waals surface area contributed by atoms with Crippen LogP contribution in [0.4, 0.5) is 5.69 Å². The van der Waals surface area contributed by atoms with E-state index in [4.69, 9.17) is 29.6 Å². The lowest BCUT2D eigenvalue weighted by atomic mass is 10.2. The summed E-state index contributed by atoms with van der Waals surface area (Å²) in [5, 5.41) is 3.57. The second kappa shape index (κ2) is 6.73. The summed E-state index contributed by atoms with van der Waals surface area (Å²) in [7, 11) is 1.76. The number of rotatable bonds is 5. The van der Waals surface area contributed by atoms with E-state index < -0.39 is 0 Å². The fourth-order valence-electron chi connectivity index (χ4n) is 1.57. The summed E-state index contributed by atoms with van der Waals surface area (Å²) in [5.74, 6) is 0.0111. The van der Waals surface area contributed by atoms with Crippen LogP contribution in [-0.4, -0.2) is 35.4 Å². The van der Waals surface area contributed by atoms with Crippen LogP contribution in [0, 0.1) is 0 Å². The number of halogens is 1. The Hall–Kier alpha value is -1.33. The number of nitrogens with two attached hydrogens (primary N) is 1. The molecule has 1 amide bonds. The van der Waals surface area contributed by atoms with E-state index >= 15 is 0 Å². The normalized spacial score (nSPS) is 11.8.